The van der Waals surface area contributed by atoms with Crippen LogP contribution in [0.1, 0.15) is 11.1 Å². The van der Waals surface area contributed by atoms with Crippen molar-refractivity contribution < 1.29 is 18.9 Å². The van der Waals surface area contributed by atoms with Crippen LogP contribution in [0.3, 0.4) is 0 Å². The summed E-state index contributed by atoms with van der Waals surface area (Å²) in [6.45, 7) is 0. The number of nitrogens with zero attached hydrogens (tertiary/aromatic N) is 4. The van der Waals surface area contributed by atoms with Gasteiger partial charge in [-0.1, -0.05) is 12.1 Å². The van der Waals surface area contributed by atoms with Gasteiger partial charge in [-0.25, -0.2) is 0 Å². The molecule has 8 nitrogen and oxygen atoms in total. The second-order valence-corrected chi connectivity index (χ2v) is 11.9. The van der Waals surface area contributed by atoms with Gasteiger partial charge in [-0.3, -0.25) is 0 Å². The average molecular weight is 655 g/mol. The van der Waals surface area contributed by atoms with Crippen molar-refractivity contribution in [3.63, 3.8) is 0 Å². The summed E-state index contributed by atoms with van der Waals surface area (Å²) in [6, 6.07) is 40.3. The lowest BCUT2D eigenvalue weighted by Crippen LogP contribution is -2.04. The molecule has 0 aliphatic carbocycles. The van der Waals surface area contributed by atoms with Crippen LogP contribution in [0.15, 0.2) is 109 Å². The van der Waals surface area contributed by atoms with E-state index < -0.39 is 0 Å². The molecular formula is C42H30N4O4. The van der Waals surface area contributed by atoms with Crippen LogP contribution in [0.2, 0.25) is 0 Å². The van der Waals surface area contributed by atoms with E-state index in [0.29, 0.717) is 11.1 Å². The molecule has 0 radical (unpaired) electrons. The number of methoxy groups -OCH3 is 4. The highest BCUT2D eigenvalue weighted by Gasteiger charge is 2.23. The zero-order valence-electron chi connectivity index (χ0n) is 27.8. The Morgan fingerprint density at radius 3 is 1.20 bits per heavy atom. The summed E-state index contributed by atoms with van der Waals surface area (Å²) in [5.41, 5.74) is 8.07. The molecule has 0 amide bonds. The van der Waals surface area contributed by atoms with Gasteiger partial charge < -0.3 is 28.1 Å². The molecule has 8 aromatic rings. The molecule has 2 heterocycles. The molecule has 8 rings (SSSR count). The Morgan fingerprint density at radius 1 is 0.440 bits per heavy atom. The third-order valence-corrected chi connectivity index (χ3v) is 9.40. The first-order valence-corrected chi connectivity index (χ1v) is 15.9. The number of aromatic nitrogens is 2. The highest BCUT2D eigenvalue weighted by atomic mass is 16.5. The standard InChI is InChI=1S/C42H30N4O4/c1-47-28-9-13-37-33(18-28)34-19-29(48-2)10-14-38(34)45(37)41-22-32(26-7-5-25(23-43)6-8-26)42(17-27(41)24-44)46-39-15-11-30(49-3)20-35(39)36-21-31(50-4)12-16-40(36)46/h5-22H,1-4H3. The molecule has 0 bridgehead atoms. The molecule has 0 aliphatic rings. The molecule has 8 heteroatoms. The monoisotopic (exact) mass is 654 g/mol. The normalized spacial score (nSPS) is 11.2. The number of hydrogen-bond donors (Lipinski definition) is 0. The summed E-state index contributed by atoms with van der Waals surface area (Å²) < 4.78 is 26.8. The lowest BCUT2D eigenvalue weighted by molar-refractivity contribution is 0.415. The first kappa shape index (κ1) is 30.4. The van der Waals surface area contributed by atoms with E-state index in [0.717, 1.165) is 89.1 Å². The molecule has 0 saturated heterocycles. The molecule has 6 aromatic carbocycles. The van der Waals surface area contributed by atoms with E-state index in [1.165, 1.54) is 0 Å². The van der Waals surface area contributed by atoms with Crippen LogP contribution in [0, 0.1) is 22.7 Å². The molecule has 242 valence electrons. The quantitative estimate of drug-likeness (QED) is 0.170. The van der Waals surface area contributed by atoms with Crippen molar-refractivity contribution in [2.75, 3.05) is 28.4 Å². The highest BCUT2D eigenvalue weighted by Crippen LogP contribution is 2.43. The van der Waals surface area contributed by atoms with Crippen LogP contribution >= 0.6 is 0 Å². The number of benzene rings is 6. The van der Waals surface area contributed by atoms with Crippen molar-refractivity contribution in [1.82, 2.24) is 9.13 Å². The zero-order chi connectivity index (χ0) is 34.5. The summed E-state index contributed by atoms with van der Waals surface area (Å²) in [5, 5.41) is 24.4. The van der Waals surface area contributed by atoms with Crippen LogP contribution in [-0.2, 0) is 0 Å². The fourth-order valence-corrected chi connectivity index (χ4v) is 6.98. The van der Waals surface area contributed by atoms with Gasteiger partial charge >= 0.3 is 0 Å². The molecular weight excluding hydrogens is 624 g/mol. The molecule has 0 saturated carbocycles. The smallest absolute Gasteiger partial charge is 0.119 e. The average Bonchev–Trinajstić information content (AvgIpc) is 3.68. The van der Waals surface area contributed by atoms with Gasteiger partial charge in [-0.2, -0.15) is 10.5 Å². The fourth-order valence-electron chi connectivity index (χ4n) is 6.98. The lowest BCUT2D eigenvalue weighted by Gasteiger charge is -2.19. The molecule has 2 aromatic heterocycles. The van der Waals surface area contributed by atoms with Gasteiger partial charge in [-0.15, -0.1) is 0 Å². The Balaban J connectivity index is 1.50. The minimum absolute atomic E-state index is 0.486. The van der Waals surface area contributed by atoms with E-state index in [9.17, 15) is 10.5 Å². The van der Waals surface area contributed by atoms with E-state index in [1.54, 1.807) is 28.4 Å². The first-order chi connectivity index (χ1) is 24.5. The third kappa shape index (κ3) is 4.66. The Kier molecular flexibility index (Phi) is 7.28. The fraction of sp³-hybridized carbons (Fsp3) is 0.0952. The Labute approximate surface area is 288 Å². The molecule has 0 unspecified atom stereocenters. The molecule has 0 aliphatic heterocycles. The predicted octanol–water partition coefficient (Wildman–Crippen LogP) is 9.33. The molecule has 0 atom stereocenters. The van der Waals surface area contributed by atoms with E-state index in [-0.39, 0.29) is 0 Å². The number of rotatable bonds is 7. The minimum atomic E-state index is 0.486. The minimum Gasteiger partial charge on any atom is -0.497 e. The van der Waals surface area contributed by atoms with Gasteiger partial charge in [0.1, 0.15) is 29.1 Å². The van der Waals surface area contributed by atoms with Crippen molar-refractivity contribution >= 4 is 43.6 Å². The van der Waals surface area contributed by atoms with Crippen molar-refractivity contribution in [3.8, 4) is 57.6 Å². The molecule has 0 fully saturated rings. The van der Waals surface area contributed by atoms with Crippen LogP contribution in [0.5, 0.6) is 23.0 Å². The lowest BCUT2D eigenvalue weighted by atomic mass is 9.98. The van der Waals surface area contributed by atoms with Crippen LogP contribution in [0.25, 0.3) is 66.1 Å². The summed E-state index contributed by atoms with van der Waals surface area (Å²) in [4.78, 5) is 0. The van der Waals surface area contributed by atoms with Crippen molar-refractivity contribution in [1.29, 1.82) is 10.5 Å². The second-order valence-electron chi connectivity index (χ2n) is 11.9. The van der Waals surface area contributed by atoms with Gasteiger partial charge in [0.05, 0.1) is 79.1 Å². The van der Waals surface area contributed by atoms with Gasteiger partial charge in [0.2, 0.25) is 0 Å². The predicted molar refractivity (Wildman–Crippen MR) is 196 cm³/mol. The Morgan fingerprint density at radius 2 is 0.840 bits per heavy atom. The molecule has 50 heavy (non-hydrogen) atoms. The van der Waals surface area contributed by atoms with Gasteiger partial charge in [0, 0.05) is 27.1 Å². The zero-order valence-corrected chi connectivity index (χ0v) is 27.8. The number of fused-ring (bicyclic) bond motifs is 6. The van der Waals surface area contributed by atoms with E-state index >= 15 is 0 Å². The Bertz CT molecular complexity index is 2600. The third-order valence-electron chi connectivity index (χ3n) is 9.40. The number of ether oxygens (including phenoxy) is 4. The Hall–Kier alpha value is -6.90. The number of nitriles is 2. The van der Waals surface area contributed by atoms with Crippen LogP contribution < -0.4 is 18.9 Å². The van der Waals surface area contributed by atoms with Crippen molar-refractivity contribution in [3.05, 3.63) is 120 Å². The largest absolute Gasteiger partial charge is 0.497 e. The van der Waals surface area contributed by atoms with Crippen molar-refractivity contribution in [2.45, 2.75) is 0 Å². The van der Waals surface area contributed by atoms with E-state index in [2.05, 4.69) is 27.3 Å². The van der Waals surface area contributed by atoms with Gasteiger partial charge in [0.25, 0.3) is 0 Å². The summed E-state index contributed by atoms with van der Waals surface area (Å²) >= 11 is 0. The number of hydrogen-bond acceptors (Lipinski definition) is 6. The first-order valence-electron chi connectivity index (χ1n) is 15.9. The second kappa shape index (κ2) is 12.0. The maximum atomic E-state index is 10.9. The maximum absolute atomic E-state index is 10.9. The van der Waals surface area contributed by atoms with Crippen LogP contribution in [0.4, 0.5) is 0 Å². The summed E-state index contributed by atoms with van der Waals surface area (Å²) in [7, 11) is 6.61. The SMILES string of the molecule is COc1ccc2c(c1)c1cc(OC)ccc1n2-c1cc(-c2ccc(C#N)cc2)c(-n2c3ccc(OC)cc3c3cc(OC)ccc32)cc1C#N. The van der Waals surface area contributed by atoms with Crippen molar-refractivity contribution in [2.24, 2.45) is 0 Å². The maximum Gasteiger partial charge on any atom is 0.119 e. The highest BCUT2D eigenvalue weighted by molar-refractivity contribution is 6.12. The summed E-state index contributed by atoms with van der Waals surface area (Å²) in [6.07, 6.45) is 0. The molecule has 0 N–H and O–H groups in total. The summed E-state index contributed by atoms with van der Waals surface area (Å²) in [5.74, 6) is 2.93. The van der Waals surface area contributed by atoms with Crippen LogP contribution in [-0.4, -0.2) is 37.6 Å². The van der Waals surface area contributed by atoms with E-state index in [1.807, 2.05) is 103 Å². The topological polar surface area (TPSA) is 94.4 Å². The van der Waals surface area contributed by atoms with E-state index in [4.69, 9.17) is 18.9 Å². The van der Waals surface area contributed by atoms with Gasteiger partial charge in [0.15, 0.2) is 0 Å². The van der Waals surface area contributed by atoms with Gasteiger partial charge in [-0.05, 0) is 103 Å². The molecule has 0 spiro atoms.